The summed E-state index contributed by atoms with van der Waals surface area (Å²) < 4.78 is 0. The van der Waals surface area contributed by atoms with Crippen molar-refractivity contribution in [1.82, 2.24) is 10.2 Å². The lowest BCUT2D eigenvalue weighted by Crippen LogP contribution is -2.58. The third-order valence-corrected chi connectivity index (χ3v) is 3.27. The van der Waals surface area contributed by atoms with Crippen molar-refractivity contribution >= 4 is 0 Å². The quantitative estimate of drug-likeness (QED) is 0.592. The Morgan fingerprint density at radius 3 is 2.67 bits per heavy atom. The normalized spacial score (nSPS) is 38.5. The summed E-state index contributed by atoms with van der Waals surface area (Å²) in [6, 6.07) is 1.56. The van der Waals surface area contributed by atoms with E-state index in [0.717, 1.165) is 24.5 Å². The molecule has 0 radical (unpaired) electrons. The van der Waals surface area contributed by atoms with Crippen LogP contribution in [0.2, 0.25) is 0 Å². The van der Waals surface area contributed by atoms with Crippen molar-refractivity contribution in [3.05, 3.63) is 0 Å². The van der Waals surface area contributed by atoms with Gasteiger partial charge in [0, 0.05) is 31.7 Å². The van der Waals surface area contributed by atoms with Gasteiger partial charge in [-0.05, 0) is 25.8 Å². The van der Waals surface area contributed by atoms with Gasteiger partial charge >= 0.3 is 0 Å². The van der Waals surface area contributed by atoms with E-state index in [2.05, 4.69) is 17.1 Å². The molecule has 2 saturated heterocycles. The Morgan fingerprint density at radius 2 is 2.25 bits per heavy atom. The molecule has 70 valence electrons. The Hall–Kier alpha value is -0.120. The van der Waals surface area contributed by atoms with Gasteiger partial charge in [0.05, 0.1) is 0 Å². The number of likely N-dealkylation sites (tertiary alicyclic amines) is 1. The number of hydrogen-bond acceptors (Lipinski definition) is 3. The van der Waals surface area contributed by atoms with Gasteiger partial charge in [0.15, 0.2) is 0 Å². The van der Waals surface area contributed by atoms with Gasteiger partial charge in [-0.1, -0.05) is 0 Å². The second-order valence-electron chi connectivity index (χ2n) is 4.20. The van der Waals surface area contributed by atoms with E-state index in [9.17, 15) is 0 Å². The summed E-state index contributed by atoms with van der Waals surface area (Å²) in [4.78, 5) is 2.62. The molecule has 3 heteroatoms. The summed E-state index contributed by atoms with van der Waals surface area (Å²) >= 11 is 0. The zero-order chi connectivity index (χ0) is 8.55. The minimum atomic E-state index is 0.751. The van der Waals surface area contributed by atoms with Crippen molar-refractivity contribution < 1.29 is 0 Å². The number of rotatable bonds is 2. The van der Waals surface area contributed by atoms with Crippen molar-refractivity contribution in [3.63, 3.8) is 0 Å². The number of nitrogens with two attached hydrogens (primary N) is 1. The summed E-state index contributed by atoms with van der Waals surface area (Å²) in [6.45, 7) is 6.78. The molecule has 2 aliphatic heterocycles. The highest BCUT2D eigenvalue weighted by molar-refractivity contribution is 4.93. The molecule has 0 aromatic heterocycles. The highest BCUT2D eigenvalue weighted by atomic mass is 15.3. The van der Waals surface area contributed by atoms with Gasteiger partial charge in [-0.2, -0.15) is 0 Å². The molecule has 2 fully saturated rings. The van der Waals surface area contributed by atoms with E-state index in [-0.39, 0.29) is 0 Å². The summed E-state index contributed by atoms with van der Waals surface area (Å²) in [5.41, 5.74) is 5.68. The fraction of sp³-hybridized carbons (Fsp3) is 1.00. The first-order valence-electron chi connectivity index (χ1n) is 4.97. The Bertz CT molecular complexity index is 156. The van der Waals surface area contributed by atoms with Gasteiger partial charge in [-0.3, -0.25) is 4.90 Å². The number of nitrogens with one attached hydrogen (secondary N) is 1. The van der Waals surface area contributed by atoms with Gasteiger partial charge in [0.1, 0.15) is 0 Å². The summed E-state index contributed by atoms with van der Waals surface area (Å²) in [7, 11) is 0. The molecule has 0 aromatic rings. The van der Waals surface area contributed by atoms with Crippen LogP contribution >= 0.6 is 0 Å². The second-order valence-corrected chi connectivity index (χ2v) is 4.20. The van der Waals surface area contributed by atoms with Crippen LogP contribution in [0.15, 0.2) is 0 Å². The van der Waals surface area contributed by atoms with Gasteiger partial charge < -0.3 is 11.1 Å². The van der Waals surface area contributed by atoms with E-state index >= 15 is 0 Å². The van der Waals surface area contributed by atoms with Crippen LogP contribution in [0.25, 0.3) is 0 Å². The molecule has 2 atom stereocenters. The number of nitrogens with zero attached hydrogens (tertiary/aromatic N) is 1. The molecule has 3 N–H and O–H groups in total. The van der Waals surface area contributed by atoms with Crippen molar-refractivity contribution in [1.29, 1.82) is 0 Å². The van der Waals surface area contributed by atoms with E-state index in [4.69, 9.17) is 5.73 Å². The average Bonchev–Trinajstić information content (AvgIpc) is 2.29. The van der Waals surface area contributed by atoms with Crippen LogP contribution in [0.5, 0.6) is 0 Å². The predicted molar refractivity (Wildman–Crippen MR) is 50.0 cm³/mol. The molecule has 0 saturated carbocycles. The van der Waals surface area contributed by atoms with Crippen LogP contribution in [0.3, 0.4) is 0 Å². The molecular weight excluding hydrogens is 150 g/mol. The van der Waals surface area contributed by atoms with Crippen molar-refractivity contribution in [2.45, 2.75) is 25.4 Å². The lowest BCUT2D eigenvalue weighted by Gasteiger charge is -2.38. The maximum Gasteiger partial charge on any atom is 0.0348 e. The van der Waals surface area contributed by atoms with Crippen LogP contribution in [0.1, 0.15) is 13.3 Å². The Morgan fingerprint density at radius 1 is 1.50 bits per heavy atom. The molecule has 0 amide bonds. The van der Waals surface area contributed by atoms with Gasteiger partial charge in [0.2, 0.25) is 0 Å². The van der Waals surface area contributed by atoms with Crippen LogP contribution in [-0.2, 0) is 0 Å². The summed E-state index contributed by atoms with van der Waals surface area (Å²) in [5, 5.41) is 3.32. The smallest absolute Gasteiger partial charge is 0.0348 e. The Kier molecular flexibility index (Phi) is 2.35. The largest absolute Gasteiger partial charge is 0.330 e. The first-order valence-corrected chi connectivity index (χ1v) is 4.97. The Labute approximate surface area is 74.3 Å². The standard InChI is InChI=1S/C9H19N3/c1-7-2-8(3-10)6-12(7)9-4-11-5-9/h7-9,11H,2-6,10H2,1H3. The maximum atomic E-state index is 5.68. The van der Waals surface area contributed by atoms with E-state index in [1.165, 1.54) is 26.1 Å². The molecule has 0 spiro atoms. The van der Waals surface area contributed by atoms with E-state index in [1.807, 2.05) is 0 Å². The van der Waals surface area contributed by atoms with Crippen LogP contribution in [-0.4, -0.2) is 43.2 Å². The molecule has 2 heterocycles. The minimum absolute atomic E-state index is 0.751. The van der Waals surface area contributed by atoms with E-state index in [1.54, 1.807) is 0 Å². The molecule has 2 unspecified atom stereocenters. The molecule has 3 nitrogen and oxygen atoms in total. The van der Waals surface area contributed by atoms with Crippen molar-refractivity contribution in [2.24, 2.45) is 11.7 Å². The minimum Gasteiger partial charge on any atom is -0.330 e. The fourth-order valence-electron chi connectivity index (χ4n) is 2.36. The first-order chi connectivity index (χ1) is 5.81. The molecule has 2 rings (SSSR count). The summed E-state index contributed by atoms with van der Waals surface area (Å²) in [5.74, 6) is 0.751. The highest BCUT2D eigenvalue weighted by Gasteiger charge is 2.35. The summed E-state index contributed by atoms with van der Waals surface area (Å²) in [6.07, 6.45) is 1.30. The maximum absolute atomic E-state index is 5.68. The van der Waals surface area contributed by atoms with Gasteiger partial charge in [0.25, 0.3) is 0 Å². The molecular formula is C9H19N3. The third-order valence-electron chi connectivity index (χ3n) is 3.27. The van der Waals surface area contributed by atoms with E-state index < -0.39 is 0 Å². The van der Waals surface area contributed by atoms with Crippen LogP contribution in [0, 0.1) is 5.92 Å². The first kappa shape index (κ1) is 8.48. The van der Waals surface area contributed by atoms with E-state index in [0.29, 0.717) is 0 Å². The van der Waals surface area contributed by atoms with Crippen molar-refractivity contribution in [3.8, 4) is 0 Å². The fourth-order valence-corrected chi connectivity index (χ4v) is 2.36. The monoisotopic (exact) mass is 169 g/mol. The molecule has 0 aromatic carbocycles. The third kappa shape index (κ3) is 1.37. The molecule has 12 heavy (non-hydrogen) atoms. The second kappa shape index (κ2) is 3.32. The molecule has 2 aliphatic rings. The SMILES string of the molecule is CC1CC(CN)CN1C1CNC1. The number of hydrogen-bond donors (Lipinski definition) is 2. The lowest BCUT2D eigenvalue weighted by atomic mass is 10.1. The topological polar surface area (TPSA) is 41.3 Å². The van der Waals surface area contributed by atoms with Crippen LogP contribution < -0.4 is 11.1 Å². The highest BCUT2D eigenvalue weighted by Crippen LogP contribution is 2.25. The van der Waals surface area contributed by atoms with Crippen LogP contribution in [0.4, 0.5) is 0 Å². The van der Waals surface area contributed by atoms with Gasteiger partial charge in [-0.15, -0.1) is 0 Å². The molecule has 0 bridgehead atoms. The Balaban J connectivity index is 1.89. The zero-order valence-electron chi connectivity index (χ0n) is 7.79. The lowest BCUT2D eigenvalue weighted by molar-refractivity contribution is 0.137. The molecule has 0 aliphatic carbocycles. The average molecular weight is 169 g/mol. The van der Waals surface area contributed by atoms with Gasteiger partial charge in [-0.25, -0.2) is 0 Å². The zero-order valence-corrected chi connectivity index (χ0v) is 7.79. The van der Waals surface area contributed by atoms with Crippen molar-refractivity contribution in [2.75, 3.05) is 26.2 Å². The predicted octanol–water partition coefficient (Wildman–Crippen LogP) is -0.373.